The molecule has 1 aromatic carbocycles. The number of rotatable bonds is 2. The predicted molar refractivity (Wildman–Crippen MR) is 69.9 cm³/mol. The van der Waals surface area contributed by atoms with Gasteiger partial charge >= 0.3 is 0 Å². The van der Waals surface area contributed by atoms with Crippen LogP contribution in [0.1, 0.15) is 31.4 Å². The van der Waals surface area contributed by atoms with Crippen LogP contribution in [-0.4, -0.2) is 23.8 Å². The molecule has 0 amide bonds. The van der Waals surface area contributed by atoms with Gasteiger partial charge in [-0.1, -0.05) is 43.7 Å². The molecule has 0 aromatic heterocycles. The van der Waals surface area contributed by atoms with Gasteiger partial charge in [-0.15, -0.1) is 0 Å². The highest BCUT2D eigenvalue weighted by atomic mass is 16.1. The van der Waals surface area contributed by atoms with Crippen LogP contribution in [0.15, 0.2) is 24.3 Å². The molecule has 17 heavy (non-hydrogen) atoms. The number of hydrogen-bond acceptors (Lipinski definition) is 2. The van der Waals surface area contributed by atoms with E-state index in [0.29, 0.717) is 12.3 Å². The molecule has 0 saturated carbocycles. The van der Waals surface area contributed by atoms with Gasteiger partial charge in [-0.2, -0.15) is 0 Å². The van der Waals surface area contributed by atoms with Gasteiger partial charge in [0.15, 0.2) is 5.78 Å². The molecule has 1 saturated heterocycles. The first kappa shape index (κ1) is 12.3. The number of carbonyl (C=O) groups excluding carboxylic acids is 1. The number of likely N-dealkylation sites (tertiary alicyclic amines) is 1. The van der Waals surface area contributed by atoms with Crippen molar-refractivity contribution < 1.29 is 4.79 Å². The molecule has 92 valence electrons. The van der Waals surface area contributed by atoms with Gasteiger partial charge in [0.05, 0.1) is 6.54 Å². The van der Waals surface area contributed by atoms with Crippen molar-refractivity contribution in [3.8, 4) is 0 Å². The number of nitrogens with zero attached hydrogens (tertiary/aromatic N) is 1. The summed E-state index contributed by atoms with van der Waals surface area (Å²) in [5, 5.41) is 0. The average Bonchev–Trinajstić information content (AvgIpc) is 2.24. The van der Waals surface area contributed by atoms with E-state index in [2.05, 4.69) is 49.9 Å². The molecular formula is C15H21NO. The fraction of sp³-hybridized carbons (Fsp3) is 0.533. The van der Waals surface area contributed by atoms with Crippen molar-refractivity contribution in [1.82, 2.24) is 4.90 Å². The molecule has 2 rings (SSSR count). The fourth-order valence-corrected chi connectivity index (χ4v) is 2.28. The summed E-state index contributed by atoms with van der Waals surface area (Å²) >= 11 is 0. The zero-order valence-electron chi connectivity index (χ0n) is 11.0. The van der Waals surface area contributed by atoms with E-state index in [0.717, 1.165) is 19.5 Å². The molecule has 2 nitrogen and oxygen atoms in total. The molecule has 1 heterocycles. The molecule has 2 heteroatoms. The zero-order chi connectivity index (χ0) is 12.5. The average molecular weight is 231 g/mol. The fourth-order valence-electron chi connectivity index (χ4n) is 2.28. The lowest BCUT2D eigenvalue weighted by atomic mass is 9.81. The summed E-state index contributed by atoms with van der Waals surface area (Å²) in [7, 11) is 0. The lowest BCUT2D eigenvalue weighted by molar-refractivity contribution is -0.132. The van der Waals surface area contributed by atoms with E-state index >= 15 is 0 Å². The van der Waals surface area contributed by atoms with E-state index in [-0.39, 0.29) is 5.41 Å². The van der Waals surface area contributed by atoms with Crippen molar-refractivity contribution in [2.24, 2.45) is 5.41 Å². The molecular weight excluding hydrogens is 210 g/mol. The Labute approximate surface area is 104 Å². The number of benzene rings is 1. The number of aryl methyl sites for hydroxylation is 1. The second-order valence-corrected chi connectivity index (χ2v) is 5.76. The molecule has 1 aliphatic heterocycles. The number of ketones is 1. The minimum Gasteiger partial charge on any atom is -0.298 e. The molecule has 0 aliphatic carbocycles. The van der Waals surface area contributed by atoms with Crippen molar-refractivity contribution in [2.75, 3.05) is 13.1 Å². The molecule has 0 spiro atoms. The number of hydrogen-bond donors (Lipinski definition) is 0. The monoisotopic (exact) mass is 231 g/mol. The molecule has 0 N–H and O–H groups in total. The molecule has 0 radical (unpaired) electrons. The van der Waals surface area contributed by atoms with E-state index in [1.807, 2.05) is 0 Å². The Kier molecular flexibility index (Phi) is 3.34. The van der Waals surface area contributed by atoms with Gasteiger partial charge < -0.3 is 0 Å². The van der Waals surface area contributed by atoms with E-state index in [4.69, 9.17) is 0 Å². The first-order valence-corrected chi connectivity index (χ1v) is 6.28. The highest BCUT2D eigenvalue weighted by molar-refractivity contribution is 5.86. The zero-order valence-corrected chi connectivity index (χ0v) is 11.0. The molecule has 1 aromatic rings. The van der Waals surface area contributed by atoms with E-state index < -0.39 is 0 Å². The Balaban J connectivity index is 2.00. The Morgan fingerprint density at radius 3 is 2.76 bits per heavy atom. The van der Waals surface area contributed by atoms with Crippen molar-refractivity contribution in [3.05, 3.63) is 35.4 Å². The van der Waals surface area contributed by atoms with Crippen LogP contribution in [0.3, 0.4) is 0 Å². The predicted octanol–water partition coefficient (Wildman–Crippen LogP) is 2.80. The standard InChI is InChI=1S/C15H21NO/c1-12-5-4-6-13(9-12)10-16-8-7-15(2,3)14(17)11-16/h4-6,9H,7-8,10-11H2,1-3H3. The SMILES string of the molecule is Cc1cccc(CN2CCC(C)(C)C(=O)C2)c1. The van der Waals surface area contributed by atoms with Gasteiger partial charge in [-0.05, 0) is 25.5 Å². The van der Waals surface area contributed by atoms with Crippen molar-refractivity contribution >= 4 is 5.78 Å². The maximum Gasteiger partial charge on any atom is 0.152 e. The van der Waals surface area contributed by atoms with Crippen LogP contribution in [0, 0.1) is 12.3 Å². The Hall–Kier alpha value is -1.15. The summed E-state index contributed by atoms with van der Waals surface area (Å²) < 4.78 is 0. The molecule has 0 bridgehead atoms. The highest BCUT2D eigenvalue weighted by Crippen LogP contribution is 2.27. The first-order chi connectivity index (χ1) is 7.97. The van der Waals surface area contributed by atoms with Crippen molar-refractivity contribution in [1.29, 1.82) is 0 Å². The van der Waals surface area contributed by atoms with Gasteiger partial charge in [0.2, 0.25) is 0 Å². The van der Waals surface area contributed by atoms with Crippen LogP contribution < -0.4 is 0 Å². The van der Waals surface area contributed by atoms with Crippen LogP contribution in [0.2, 0.25) is 0 Å². The van der Waals surface area contributed by atoms with Crippen molar-refractivity contribution in [2.45, 2.75) is 33.7 Å². The van der Waals surface area contributed by atoms with E-state index in [9.17, 15) is 4.79 Å². The maximum absolute atomic E-state index is 11.9. The maximum atomic E-state index is 11.9. The first-order valence-electron chi connectivity index (χ1n) is 6.28. The lowest BCUT2D eigenvalue weighted by Crippen LogP contribution is -2.44. The third kappa shape index (κ3) is 2.95. The summed E-state index contributed by atoms with van der Waals surface area (Å²) in [6, 6.07) is 8.52. The summed E-state index contributed by atoms with van der Waals surface area (Å²) in [6.45, 7) is 8.73. The third-order valence-electron chi connectivity index (χ3n) is 3.66. The highest BCUT2D eigenvalue weighted by Gasteiger charge is 2.33. The van der Waals surface area contributed by atoms with E-state index in [1.54, 1.807) is 0 Å². The van der Waals surface area contributed by atoms with Crippen LogP contribution in [-0.2, 0) is 11.3 Å². The van der Waals surface area contributed by atoms with Gasteiger partial charge in [-0.25, -0.2) is 0 Å². The minimum absolute atomic E-state index is 0.122. The summed E-state index contributed by atoms with van der Waals surface area (Å²) in [6.07, 6.45) is 0.970. The summed E-state index contributed by atoms with van der Waals surface area (Å²) in [4.78, 5) is 14.2. The third-order valence-corrected chi connectivity index (χ3v) is 3.66. The van der Waals surface area contributed by atoms with Gasteiger partial charge in [0.25, 0.3) is 0 Å². The second-order valence-electron chi connectivity index (χ2n) is 5.76. The van der Waals surface area contributed by atoms with Crippen molar-refractivity contribution in [3.63, 3.8) is 0 Å². The topological polar surface area (TPSA) is 20.3 Å². The number of Topliss-reactive ketones (excluding diaryl/α,β-unsaturated/α-hetero) is 1. The molecule has 0 atom stereocenters. The second kappa shape index (κ2) is 4.61. The van der Waals surface area contributed by atoms with Crippen LogP contribution >= 0.6 is 0 Å². The smallest absolute Gasteiger partial charge is 0.152 e. The van der Waals surface area contributed by atoms with Gasteiger partial charge in [0, 0.05) is 12.0 Å². The van der Waals surface area contributed by atoms with Crippen LogP contribution in [0.5, 0.6) is 0 Å². The Morgan fingerprint density at radius 1 is 1.35 bits per heavy atom. The normalized spacial score (nSPS) is 20.5. The van der Waals surface area contributed by atoms with Crippen LogP contribution in [0.25, 0.3) is 0 Å². The summed E-state index contributed by atoms with van der Waals surface area (Å²) in [5.41, 5.74) is 2.46. The Morgan fingerprint density at radius 2 is 2.12 bits per heavy atom. The van der Waals surface area contributed by atoms with Gasteiger partial charge in [-0.3, -0.25) is 9.69 Å². The number of carbonyl (C=O) groups is 1. The minimum atomic E-state index is -0.122. The molecule has 1 aliphatic rings. The van der Waals surface area contributed by atoms with E-state index in [1.165, 1.54) is 11.1 Å². The largest absolute Gasteiger partial charge is 0.298 e. The Bertz CT molecular complexity index is 423. The lowest BCUT2D eigenvalue weighted by Gasteiger charge is -2.35. The quantitative estimate of drug-likeness (QED) is 0.780. The molecule has 0 unspecified atom stereocenters. The van der Waals surface area contributed by atoms with Crippen LogP contribution in [0.4, 0.5) is 0 Å². The number of piperidine rings is 1. The molecule has 1 fully saturated rings. The van der Waals surface area contributed by atoms with Gasteiger partial charge in [0.1, 0.15) is 0 Å². The summed E-state index contributed by atoms with van der Waals surface area (Å²) in [5.74, 6) is 0.372.